The Morgan fingerprint density at radius 2 is 1.63 bits per heavy atom. The van der Waals surface area contributed by atoms with Gasteiger partial charge in [0.15, 0.2) is 0 Å². The minimum absolute atomic E-state index is 0.249. The predicted molar refractivity (Wildman–Crippen MR) is 74.0 cm³/mol. The van der Waals surface area contributed by atoms with E-state index in [9.17, 15) is 8.42 Å². The Morgan fingerprint density at radius 1 is 1.00 bits per heavy atom. The molecule has 100 valence electrons. The lowest BCUT2D eigenvalue weighted by atomic mass is 10.0. The summed E-state index contributed by atoms with van der Waals surface area (Å²) in [6.45, 7) is 3.58. The van der Waals surface area contributed by atoms with Crippen LogP contribution in [0.1, 0.15) is 19.5 Å². The van der Waals surface area contributed by atoms with E-state index in [1.807, 2.05) is 6.07 Å². The highest BCUT2D eigenvalue weighted by atomic mass is 32.2. The van der Waals surface area contributed by atoms with Gasteiger partial charge in [-0.2, -0.15) is 4.72 Å². The van der Waals surface area contributed by atoms with Gasteiger partial charge in [-0.25, -0.2) is 8.42 Å². The van der Waals surface area contributed by atoms with Crippen LogP contribution in [0, 0.1) is 0 Å². The Balaban J connectivity index is 2.31. The van der Waals surface area contributed by atoms with E-state index in [4.69, 9.17) is 0 Å². The molecule has 19 heavy (non-hydrogen) atoms. The lowest BCUT2D eigenvalue weighted by Gasteiger charge is -2.25. The molecule has 4 nitrogen and oxygen atoms in total. The van der Waals surface area contributed by atoms with Crippen molar-refractivity contribution in [3.8, 4) is 0 Å². The van der Waals surface area contributed by atoms with Crippen LogP contribution >= 0.6 is 0 Å². The van der Waals surface area contributed by atoms with Crippen molar-refractivity contribution in [2.45, 2.75) is 24.3 Å². The van der Waals surface area contributed by atoms with Gasteiger partial charge in [0.25, 0.3) is 0 Å². The molecule has 0 aliphatic rings. The van der Waals surface area contributed by atoms with E-state index in [1.165, 1.54) is 0 Å². The first-order valence-corrected chi connectivity index (χ1v) is 7.41. The number of pyridine rings is 1. The summed E-state index contributed by atoms with van der Waals surface area (Å²) in [5, 5.41) is 0. The highest BCUT2D eigenvalue weighted by Crippen LogP contribution is 2.20. The zero-order valence-corrected chi connectivity index (χ0v) is 11.7. The van der Waals surface area contributed by atoms with E-state index in [2.05, 4.69) is 9.71 Å². The fraction of sp³-hybridized carbons (Fsp3) is 0.214. The predicted octanol–water partition coefficient (Wildman–Crippen LogP) is 2.30. The number of nitrogens with one attached hydrogen (secondary N) is 1. The monoisotopic (exact) mass is 276 g/mol. The maximum atomic E-state index is 12.3. The number of sulfonamides is 1. The van der Waals surface area contributed by atoms with Crippen molar-refractivity contribution in [1.82, 2.24) is 9.71 Å². The van der Waals surface area contributed by atoms with Crippen molar-refractivity contribution in [2.75, 3.05) is 0 Å². The molecule has 2 aromatic rings. The third kappa shape index (κ3) is 3.19. The highest BCUT2D eigenvalue weighted by Gasteiger charge is 2.28. The summed E-state index contributed by atoms with van der Waals surface area (Å²) in [7, 11) is -3.56. The first-order valence-electron chi connectivity index (χ1n) is 5.92. The van der Waals surface area contributed by atoms with Gasteiger partial charge in [0.2, 0.25) is 10.0 Å². The van der Waals surface area contributed by atoms with Gasteiger partial charge in [0.1, 0.15) is 0 Å². The number of hydrogen-bond acceptors (Lipinski definition) is 3. The molecule has 1 N–H and O–H groups in total. The lowest BCUT2D eigenvalue weighted by molar-refractivity contribution is 0.460. The van der Waals surface area contributed by atoms with Crippen molar-refractivity contribution in [3.63, 3.8) is 0 Å². The first-order chi connectivity index (χ1) is 8.92. The molecular formula is C14H16N2O2S. The molecule has 0 amide bonds. The van der Waals surface area contributed by atoms with E-state index in [0.717, 1.165) is 0 Å². The standard InChI is InChI=1S/C14H16N2O2S/c1-14(2,13-10-6-7-11-15-13)16-19(17,18)12-8-4-3-5-9-12/h3-11,16H,1-2H3. The Labute approximate surface area is 113 Å². The topological polar surface area (TPSA) is 59.1 Å². The quantitative estimate of drug-likeness (QED) is 0.932. The van der Waals surface area contributed by atoms with Crippen LogP contribution in [-0.2, 0) is 15.6 Å². The van der Waals surface area contributed by atoms with E-state index in [1.54, 1.807) is 62.5 Å². The maximum absolute atomic E-state index is 12.3. The minimum atomic E-state index is -3.56. The summed E-state index contributed by atoms with van der Waals surface area (Å²) in [5.74, 6) is 0. The van der Waals surface area contributed by atoms with Crippen molar-refractivity contribution in [1.29, 1.82) is 0 Å². The molecule has 0 saturated heterocycles. The average molecular weight is 276 g/mol. The van der Waals surface area contributed by atoms with Gasteiger partial charge < -0.3 is 0 Å². The molecule has 0 saturated carbocycles. The molecule has 0 spiro atoms. The van der Waals surface area contributed by atoms with E-state index in [0.29, 0.717) is 5.69 Å². The van der Waals surface area contributed by atoms with Crippen molar-refractivity contribution in [3.05, 3.63) is 60.4 Å². The van der Waals surface area contributed by atoms with Gasteiger partial charge in [0.05, 0.1) is 16.1 Å². The van der Waals surface area contributed by atoms with Crippen LogP contribution in [0.15, 0.2) is 59.6 Å². The number of rotatable bonds is 4. The smallest absolute Gasteiger partial charge is 0.241 e. The summed E-state index contributed by atoms with van der Waals surface area (Å²) in [6.07, 6.45) is 1.65. The largest absolute Gasteiger partial charge is 0.259 e. The molecule has 0 atom stereocenters. The summed E-state index contributed by atoms with van der Waals surface area (Å²) < 4.78 is 27.2. The van der Waals surface area contributed by atoms with Crippen LogP contribution < -0.4 is 4.72 Å². The van der Waals surface area contributed by atoms with Crippen LogP contribution in [0.3, 0.4) is 0 Å². The lowest BCUT2D eigenvalue weighted by Crippen LogP contribution is -2.41. The second-order valence-corrected chi connectivity index (χ2v) is 6.44. The third-order valence-electron chi connectivity index (χ3n) is 2.75. The second kappa shape index (κ2) is 5.11. The number of benzene rings is 1. The van der Waals surface area contributed by atoms with Crippen LogP contribution in [0.5, 0.6) is 0 Å². The minimum Gasteiger partial charge on any atom is -0.259 e. The third-order valence-corrected chi connectivity index (χ3v) is 4.42. The van der Waals surface area contributed by atoms with Crippen LogP contribution in [-0.4, -0.2) is 13.4 Å². The van der Waals surface area contributed by atoms with Crippen molar-refractivity contribution >= 4 is 10.0 Å². The summed E-state index contributed by atoms with van der Waals surface area (Å²) in [4.78, 5) is 4.45. The summed E-state index contributed by atoms with van der Waals surface area (Å²) in [5.41, 5.74) is -0.0925. The number of aromatic nitrogens is 1. The zero-order chi connectivity index (χ0) is 13.9. The normalized spacial score (nSPS) is 12.3. The van der Waals surface area contributed by atoms with Gasteiger partial charge in [-0.3, -0.25) is 4.98 Å². The molecule has 1 heterocycles. The summed E-state index contributed by atoms with van der Waals surface area (Å²) in [6, 6.07) is 13.7. The maximum Gasteiger partial charge on any atom is 0.241 e. The van der Waals surface area contributed by atoms with Crippen LogP contribution in [0.2, 0.25) is 0 Å². The Bertz CT molecular complexity index is 638. The molecule has 1 aromatic heterocycles. The number of hydrogen-bond donors (Lipinski definition) is 1. The number of nitrogens with zero attached hydrogens (tertiary/aromatic N) is 1. The molecular weight excluding hydrogens is 260 g/mol. The molecule has 2 rings (SSSR count). The van der Waals surface area contributed by atoms with Gasteiger partial charge in [-0.1, -0.05) is 24.3 Å². The Kier molecular flexibility index (Phi) is 3.68. The Morgan fingerprint density at radius 3 is 2.21 bits per heavy atom. The van der Waals surface area contributed by atoms with Crippen molar-refractivity contribution in [2.24, 2.45) is 0 Å². The van der Waals surface area contributed by atoms with Crippen molar-refractivity contribution < 1.29 is 8.42 Å². The van der Waals surface area contributed by atoms with Gasteiger partial charge >= 0.3 is 0 Å². The SMILES string of the molecule is CC(C)(NS(=O)(=O)c1ccccc1)c1ccccn1. The van der Waals surface area contributed by atoms with E-state index >= 15 is 0 Å². The fourth-order valence-corrected chi connectivity index (χ4v) is 3.19. The van der Waals surface area contributed by atoms with Gasteiger partial charge in [-0.05, 0) is 38.1 Å². The first kappa shape index (κ1) is 13.7. The molecule has 5 heteroatoms. The molecule has 0 aliphatic heterocycles. The van der Waals surface area contributed by atoms with E-state index in [-0.39, 0.29) is 4.90 Å². The molecule has 0 bridgehead atoms. The Hall–Kier alpha value is -1.72. The highest BCUT2D eigenvalue weighted by molar-refractivity contribution is 7.89. The van der Waals surface area contributed by atoms with Gasteiger partial charge in [0, 0.05) is 6.20 Å². The van der Waals surface area contributed by atoms with Crippen LogP contribution in [0.4, 0.5) is 0 Å². The molecule has 0 unspecified atom stereocenters. The van der Waals surface area contributed by atoms with Gasteiger partial charge in [-0.15, -0.1) is 0 Å². The molecule has 0 radical (unpaired) electrons. The fourth-order valence-electron chi connectivity index (χ4n) is 1.78. The summed E-state index contributed by atoms with van der Waals surface area (Å²) >= 11 is 0. The molecule has 0 fully saturated rings. The molecule has 1 aromatic carbocycles. The van der Waals surface area contributed by atoms with E-state index < -0.39 is 15.6 Å². The zero-order valence-electron chi connectivity index (χ0n) is 10.9. The molecule has 0 aliphatic carbocycles. The average Bonchev–Trinajstić information content (AvgIpc) is 2.40. The van der Waals surface area contributed by atoms with Crippen LogP contribution in [0.25, 0.3) is 0 Å². The second-order valence-electron chi connectivity index (χ2n) is 4.76.